The van der Waals surface area contributed by atoms with Crippen molar-refractivity contribution in [1.82, 2.24) is 9.13 Å². The second-order valence-electron chi connectivity index (χ2n) is 12.0. The first-order valence-corrected chi connectivity index (χ1v) is 15.9. The molecule has 0 saturated heterocycles. The summed E-state index contributed by atoms with van der Waals surface area (Å²) in [6.45, 7) is 0. The van der Waals surface area contributed by atoms with Crippen LogP contribution < -0.4 is 0 Å². The molecule has 9 rings (SSSR count). The van der Waals surface area contributed by atoms with Crippen LogP contribution in [-0.4, -0.2) is 9.13 Å². The van der Waals surface area contributed by atoms with Gasteiger partial charge in [0.1, 0.15) is 6.07 Å². The highest BCUT2D eigenvalue weighted by Crippen LogP contribution is 2.42. The molecule has 0 N–H and O–H groups in total. The average molecular weight is 611 g/mol. The molecule has 4 nitrogen and oxygen atoms in total. The lowest BCUT2D eigenvalue weighted by Crippen LogP contribution is -1.97. The summed E-state index contributed by atoms with van der Waals surface area (Å²) in [5.74, 6) is 0. The van der Waals surface area contributed by atoms with Crippen molar-refractivity contribution in [3.63, 3.8) is 0 Å². The highest BCUT2D eigenvalue weighted by Gasteiger charge is 2.19. The SMILES string of the molecule is N#Cc1ccc(-n2c3ccccc3c3cccc(-c4cccc(-c5cccc6c5c5ccccc5n6-c5ccccc5C#N)c4)c32)cc1. The van der Waals surface area contributed by atoms with E-state index in [1.54, 1.807) is 0 Å². The molecule has 9 aromatic rings. The van der Waals surface area contributed by atoms with E-state index in [1.807, 2.05) is 48.5 Å². The van der Waals surface area contributed by atoms with Gasteiger partial charge in [-0.05, 0) is 77.4 Å². The Labute approximate surface area is 277 Å². The lowest BCUT2D eigenvalue weighted by molar-refractivity contribution is 1.17. The van der Waals surface area contributed by atoms with Crippen LogP contribution in [0.2, 0.25) is 0 Å². The predicted molar refractivity (Wildman–Crippen MR) is 195 cm³/mol. The molecule has 0 spiro atoms. The van der Waals surface area contributed by atoms with E-state index in [-0.39, 0.29) is 0 Å². The van der Waals surface area contributed by atoms with E-state index in [0.717, 1.165) is 66.5 Å². The van der Waals surface area contributed by atoms with Gasteiger partial charge in [0, 0.05) is 32.8 Å². The minimum atomic E-state index is 0.637. The van der Waals surface area contributed by atoms with Crippen LogP contribution in [0.5, 0.6) is 0 Å². The predicted octanol–water partition coefficient (Wildman–Crippen LogP) is 11.0. The highest BCUT2D eigenvalue weighted by molar-refractivity contribution is 6.17. The van der Waals surface area contributed by atoms with Gasteiger partial charge in [-0.15, -0.1) is 0 Å². The summed E-state index contributed by atoms with van der Waals surface area (Å²) in [7, 11) is 0. The molecule has 0 fully saturated rings. The van der Waals surface area contributed by atoms with Crippen LogP contribution in [0, 0.1) is 22.7 Å². The van der Waals surface area contributed by atoms with Crippen molar-refractivity contribution >= 4 is 43.6 Å². The monoisotopic (exact) mass is 610 g/mol. The molecule has 0 atom stereocenters. The van der Waals surface area contributed by atoms with Gasteiger partial charge in [-0.25, -0.2) is 0 Å². The van der Waals surface area contributed by atoms with Gasteiger partial charge in [0.25, 0.3) is 0 Å². The van der Waals surface area contributed by atoms with Crippen molar-refractivity contribution in [2.75, 3.05) is 0 Å². The summed E-state index contributed by atoms with van der Waals surface area (Å²) < 4.78 is 4.53. The van der Waals surface area contributed by atoms with E-state index in [1.165, 1.54) is 10.8 Å². The smallest absolute Gasteiger partial charge is 0.101 e. The summed E-state index contributed by atoms with van der Waals surface area (Å²) in [4.78, 5) is 0. The number of aromatic nitrogens is 2. The first-order valence-electron chi connectivity index (χ1n) is 15.9. The fourth-order valence-corrected chi connectivity index (χ4v) is 7.34. The van der Waals surface area contributed by atoms with E-state index in [4.69, 9.17) is 0 Å². The molecule has 0 bridgehead atoms. The first-order chi connectivity index (χ1) is 23.7. The standard InChI is InChI=1S/C44H26N4/c45-27-29-22-24-33(25-23-29)47-40-19-5-2-13-36(40)37-17-8-16-35(44(37)47)31-12-7-11-30(26-31)34-15-9-21-42-43(34)38-14-3-6-20-41(38)48(42)39-18-4-1-10-32(39)28-46/h1-26H. The van der Waals surface area contributed by atoms with Crippen molar-refractivity contribution < 1.29 is 0 Å². The Balaban J connectivity index is 1.30. The van der Waals surface area contributed by atoms with Gasteiger partial charge in [-0.1, -0.05) is 97.1 Å². The molecule has 4 heteroatoms. The number of rotatable bonds is 4. The van der Waals surface area contributed by atoms with E-state index in [2.05, 4.69) is 130 Å². The molecule has 2 heterocycles. The molecule has 0 amide bonds. The Hall–Kier alpha value is -6.88. The third-order valence-electron chi connectivity index (χ3n) is 9.40. The molecular formula is C44H26N4. The van der Waals surface area contributed by atoms with E-state index >= 15 is 0 Å². The number of nitriles is 2. The van der Waals surface area contributed by atoms with Crippen molar-refractivity contribution in [1.29, 1.82) is 10.5 Å². The number of hydrogen-bond acceptors (Lipinski definition) is 2. The Morgan fingerprint density at radius 3 is 1.83 bits per heavy atom. The lowest BCUT2D eigenvalue weighted by atomic mass is 9.95. The summed E-state index contributed by atoms with van der Waals surface area (Å²) in [6, 6.07) is 59.0. The van der Waals surface area contributed by atoms with Crippen molar-refractivity contribution in [2.24, 2.45) is 0 Å². The molecule has 0 aliphatic carbocycles. The molecular weight excluding hydrogens is 585 g/mol. The molecule has 0 aliphatic heterocycles. The van der Waals surface area contributed by atoms with Crippen LogP contribution in [0.25, 0.3) is 77.2 Å². The van der Waals surface area contributed by atoms with Crippen LogP contribution in [-0.2, 0) is 0 Å². The van der Waals surface area contributed by atoms with E-state index in [9.17, 15) is 10.5 Å². The summed E-state index contributed by atoms with van der Waals surface area (Å²) in [6.07, 6.45) is 0. The Morgan fingerprint density at radius 1 is 0.438 bits per heavy atom. The van der Waals surface area contributed by atoms with Gasteiger partial charge >= 0.3 is 0 Å². The summed E-state index contributed by atoms with van der Waals surface area (Å²) in [5.41, 5.74) is 12.0. The minimum Gasteiger partial charge on any atom is -0.309 e. The number of fused-ring (bicyclic) bond motifs is 6. The quantitative estimate of drug-likeness (QED) is 0.199. The molecule has 0 saturated carbocycles. The molecule has 222 valence electrons. The van der Waals surface area contributed by atoms with E-state index in [0.29, 0.717) is 11.1 Å². The number of benzene rings is 7. The van der Waals surface area contributed by atoms with Gasteiger partial charge in [-0.2, -0.15) is 10.5 Å². The maximum Gasteiger partial charge on any atom is 0.101 e. The lowest BCUT2D eigenvalue weighted by Gasteiger charge is -2.13. The Bertz CT molecular complexity index is 2800. The number of hydrogen-bond donors (Lipinski definition) is 0. The molecule has 0 unspecified atom stereocenters. The van der Waals surface area contributed by atoms with Crippen LogP contribution in [0.1, 0.15) is 11.1 Å². The Morgan fingerprint density at radius 2 is 1.04 bits per heavy atom. The van der Waals surface area contributed by atoms with Crippen molar-refractivity contribution in [2.45, 2.75) is 0 Å². The molecule has 0 aliphatic rings. The zero-order chi connectivity index (χ0) is 32.2. The zero-order valence-electron chi connectivity index (χ0n) is 25.8. The second-order valence-corrected chi connectivity index (χ2v) is 12.0. The fourth-order valence-electron chi connectivity index (χ4n) is 7.34. The minimum absolute atomic E-state index is 0.637. The maximum absolute atomic E-state index is 9.99. The Kier molecular flexibility index (Phi) is 6.22. The largest absolute Gasteiger partial charge is 0.309 e. The third kappa shape index (κ3) is 4.07. The first kappa shape index (κ1) is 27.4. The normalized spacial score (nSPS) is 11.3. The van der Waals surface area contributed by atoms with Gasteiger partial charge in [0.05, 0.1) is 45.0 Å². The highest BCUT2D eigenvalue weighted by atomic mass is 15.0. The zero-order valence-corrected chi connectivity index (χ0v) is 25.8. The molecule has 0 radical (unpaired) electrons. The average Bonchev–Trinajstić information content (AvgIpc) is 3.68. The van der Waals surface area contributed by atoms with Crippen LogP contribution >= 0.6 is 0 Å². The topological polar surface area (TPSA) is 57.4 Å². The van der Waals surface area contributed by atoms with Crippen LogP contribution in [0.15, 0.2) is 158 Å². The molecule has 2 aromatic heterocycles. The third-order valence-corrected chi connectivity index (χ3v) is 9.40. The van der Waals surface area contributed by atoms with Crippen molar-refractivity contribution in [3.05, 3.63) is 169 Å². The number of nitrogens with zero attached hydrogens (tertiary/aromatic N) is 4. The summed E-state index contributed by atoms with van der Waals surface area (Å²) in [5, 5.41) is 24.1. The maximum atomic E-state index is 9.99. The fraction of sp³-hybridized carbons (Fsp3) is 0. The second kappa shape index (κ2) is 10.9. The number of para-hydroxylation sites is 4. The van der Waals surface area contributed by atoms with Crippen LogP contribution in [0.4, 0.5) is 0 Å². The van der Waals surface area contributed by atoms with Crippen molar-refractivity contribution in [3.8, 4) is 45.8 Å². The summed E-state index contributed by atoms with van der Waals surface area (Å²) >= 11 is 0. The van der Waals surface area contributed by atoms with Gasteiger partial charge < -0.3 is 9.13 Å². The molecule has 48 heavy (non-hydrogen) atoms. The van der Waals surface area contributed by atoms with Gasteiger partial charge in [-0.3, -0.25) is 0 Å². The van der Waals surface area contributed by atoms with Gasteiger partial charge in [0.2, 0.25) is 0 Å². The van der Waals surface area contributed by atoms with Gasteiger partial charge in [0.15, 0.2) is 0 Å². The van der Waals surface area contributed by atoms with Crippen LogP contribution in [0.3, 0.4) is 0 Å². The molecule has 7 aromatic carbocycles. The van der Waals surface area contributed by atoms with E-state index < -0.39 is 0 Å².